The van der Waals surface area contributed by atoms with Crippen LogP contribution in [0.25, 0.3) is 0 Å². The summed E-state index contributed by atoms with van der Waals surface area (Å²) in [6.07, 6.45) is 2.90. The lowest BCUT2D eigenvalue weighted by Crippen LogP contribution is -2.45. The molecule has 0 spiro atoms. The number of aromatic nitrogens is 1. The monoisotopic (exact) mass is 379 g/mol. The van der Waals surface area contributed by atoms with Gasteiger partial charge < -0.3 is 10.0 Å². The first-order valence-corrected chi connectivity index (χ1v) is 9.93. The third-order valence-corrected chi connectivity index (χ3v) is 6.28. The number of fused-ring (bicyclic) bond motifs is 1. The van der Waals surface area contributed by atoms with Gasteiger partial charge in [0.1, 0.15) is 0 Å². The van der Waals surface area contributed by atoms with Gasteiger partial charge in [-0.05, 0) is 31.4 Å². The molecule has 148 valence electrons. The summed E-state index contributed by atoms with van der Waals surface area (Å²) >= 11 is 0. The third kappa shape index (κ3) is 3.72. The van der Waals surface area contributed by atoms with Crippen LogP contribution in [-0.2, 0) is 13.1 Å². The topological polar surface area (TPSA) is 56.7 Å². The summed E-state index contributed by atoms with van der Waals surface area (Å²) in [5, 5.41) is 10.3. The van der Waals surface area contributed by atoms with Crippen molar-refractivity contribution in [2.45, 2.75) is 76.6 Å². The Balaban J connectivity index is 1.50. The Morgan fingerprint density at radius 2 is 1.96 bits per heavy atom. The number of amides is 1. The molecule has 0 bridgehead atoms. The second kappa shape index (κ2) is 7.09. The maximum atomic E-state index is 13.4. The van der Waals surface area contributed by atoms with Crippen LogP contribution in [0.3, 0.4) is 0 Å². The highest BCUT2D eigenvalue weighted by atomic mass is 19.3. The molecule has 7 heteroatoms. The minimum atomic E-state index is -2.56. The van der Waals surface area contributed by atoms with Crippen LogP contribution in [0.5, 0.6) is 0 Å². The lowest BCUT2D eigenvalue weighted by Gasteiger charge is -2.34. The normalized spacial score (nSPS) is 28.4. The van der Waals surface area contributed by atoms with E-state index < -0.39 is 12.0 Å². The molecule has 1 amide bonds. The van der Waals surface area contributed by atoms with Crippen molar-refractivity contribution < 1.29 is 18.7 Å². The fraction of sp³-hybridized carbons (Fsp3) is 0.700. The number of carbonyl (C=O) groups is 1. The van der Waals surface area contributed by atoms with Crippen LogP contribution in [0.4, 0.5) is 8.78 Å². The number of nitrogens with zero attached hydrogens (tertiary/aromatic N) is 3. The largest absolute Gasteiger partial charge is 0.391 e. The average molecular weight is 379 g/mol. The maximum Gasteiger partial charge on any atom is 0.256 e. The number of carbonyl (C=O) groups excluding carboxylic acids is 1. The van der Waals surface area contributed by atoms with E-state index >= 15 is 0 Å². The number of pyridine rings is 1. The standard InChI is InChI=1S/C20H27F2N3O2/c1-13-14(11-24-8-6-20(21,22)7-9-24)10-15-16(23-13)12-25(19(15)27)17-4-2-3-5-18(17)26/h10,17-18,26H,2-9,11-12H2,1H3/t17-,18-/m0/s1. The highest BCUT2D eigenvalue weighted by Gasteiger charge is 2.39. The van der Waals surface area contributed by atoms with Crippen molar-refractivity contribution in [1.82, 2.24) is 14.8 Å². The van der Waals surface area contributed by atoms with E-state index in [9.17, 15) is 18.7 Å². The van der Waals surface area contributed by atoms with E-state index in [0.717, 1.165) is 42.6 Å². The second-order valence-corrected chi connectivity index (χ2v) is 8.21. The molecule has 4 rings (SSSR count). The molecule has 2 atom stereocenters. The highest BCUT2D eigenvalue weighted by Crippen LogP contribution is 2.32. The number of likely N-dealkylation sites (tertiary alicyclic amines) is 1. The molecule has 1 N–H and O–H groups in total. The molecular formula is C20H27F2N3O2. The van der Waals surface area contributed by atoms with Crippen LogP contribution in [0.15, 0.2) is 6.07 Å². The number of alkyl halides is 2. The number of rotatable bonds is 3. The molecule has 5 nitrogen and oxygen atoms in total. The van der Waals surface area contributed by atoms with Crippen LogP contribution in [0, 0.1) is 6.92 Å². The Kier molecular flexibility index (Phi) is 4.93. The summed E-state index contributed by atoms with van der Waals surface area (Å²) < 4.78 is 26.7. The van der Waals surface area contributed by atoms with Gasteiger partial charge in [-0.25, -0.2) is 8.78 Å². The molecule has 27 heavy (non-hydrogen) atoms. The smallest absolute Gasteiger partial charge is 0.256 e. The molecule has 1 aromatic heterocycles. The molecule has 0 unspecified atom stereocenters. The lowest BCUT2D eigenvalue weighted by molar-refractivity contribution is -0.0566. The Hall–Kier alpha value is -1.60. The quantitative estimate of drug-likeness (QED) is 0.877. The van der Waals surface area contributed by atoms with E-state index in [-0.39, 0.29) is 24.8 Å². The SMILES string of the molecule is Cc1nc2c(cc1CN1CCC(F)(F)CC1)C(=O)N([C@H]1CCCC[C@@H]1O)C2. The summed E-state index contributed by atoms with van der Waals surface area (Å²) in [7, 11) is 0. The minimum absolute atomic E-state index is 0.0603. The van der Waals surface area contributed by atoms with E-state index in [4.69, 9.17) is 0 Å². The number of aliphatic hydroxyl groups excluding tert-OH is 1. The van der Waals surface area contributed by atoms with E-state index in [1.807, 2.05) is 17.9 Å². The summed E-state index contributed by atoms with van der Waals surface area (Å²) in [4.78, 5) is 21.4. The van der Waals surface area contributed by atoms with E-state index in [2.05, 4.69) is 4.98 Å². The van der Waals surface area contributed by atoms with E-state index in [0.29, 0.717) is 31.7 Å². The van der Waals surface area contributed by atoms with Gasteiger partial charge in [0.05, 0.1) is 29.9 Å². The first-order chi connectivity index (χ1) is 12.8. The Labute approximate surface area is 158 Å². The number of aliphatic hydroxyl groups is 1. The molecule has 1 saturated carbocycles. The van der Waals surface area contributed by atoms with Crippen LogP contribution < -0.4 is 0 Å². The average Bonchev–Trinajstić information content (AvgIpc) is 2.93. The third-order valence-electron chi connectivity index (χ3n) is 6.28. The van der Waals surface area contributed by atoms with Crippen molar-refractivity contribution in [3.8, 4) is 0 Å². The predicted octanol–water partition coefficient (Wildman–Crippen LogP) is 2.88. The fourth-order valence-electron chi connectivity index (χ4n) is 4.55. The van der Waals surface area contributed by atoms with Crippen LogP contribution in [-0.4, -0.2) is 57.0 Å². The van der Waals surface area contributed by atoms with E-state index in [1.165, 1.54) is 0 Å². The molecule has 3 heterocycles. The van der Waals surface area contributed by atoms with Crippen LogP contribution in [0.2, 0.25) is 0 Å². The van der Waals surface area contributed by atoms with Crippen molar-refractivity contribution in [2.24, 2.45) is 0 Å². The highest BCUT2D eigenvalue weighted by molar-refractivity contribution is 5.98. The molecule has 1 aliphatic carbocycles. The van der Waals surface area contributed by atoms with Gasteiger partial charge in [-0.1, -0.05) is 12.8 Å². The van der Waals surface area contributed by atoms with Gasteiger partial charge in [-0.3, -0.25) is 14.7 Å². The molecule has 3 aliphatic rings. The van der Waals surface area contributed by atoms with Gasteiger partial charge in [-0.2, -0.15) is 0 Å². The van der Waals surface area contributed by atoms with Crippen molar-refractivity contribution in [1.29, 1.82) is 0 Å². The summed E-state index contributed by atoms with van der Waals surface area (Å²) in [6.45, 7) is 3.63. The van der Waals surface area contributed by atoms with Gasteiger partial charge in [-0.15, -0.1) is 0 Å². The van der Waals surface area contributed by atoms with Crippen LogP contribution >= 0.6 is 0 Å². The molecule has 1 saturated heterocycles. The molecule has 2 fully saturated rings. The maximum absolute atomic E-state index is 13.4. The van der Waals surface area contributed by atoms with Gasteiger partial charge in [0.2, 0.25) is 0 Å². The lowest BCUT2D eigenvalue weighted by atomic mass is 9.91. The molecular weight excluding hydrogens is 352 g/mol. The number of aryl methyl sites for hydroxylation is 1. The predicted molar refractivity (Wildman–Crippen MR) is 96.6 cm³/mol. The summed E-state index contributed by atoms with van der Waals surface area (Å²) in [5.74, 6) is -2.62. The number of hydrogen-bond acceptors (Lipinski definition) is 4. The molecule has 2 aliphatic heterocycles. The Morgan fingerprint density at radius 3 is 2.67 bits per heavy atom. The summed E-state index contributed by atoms with van der Waals surface area (Å²) in [5.41, 5.74) is 3.16. The van der Waals surface area contributed by atoms with Gasteiger partial charge >= 0.3 is 0 Å². The fourth-order valence-corrected chi connectivity index (χ4v) is 4.55. The van der Waals surface area contributed by atoms with Gasteiger partial charge in [0.25, 0.3) is 11.8 Å². The molecule has 1 aromatic rings. The number of halogens is 2. The van der Waals surface area contributed by atoms with Crippen molar-refractivity contribution in [3.63, 3.8) is 0 Å². The Bertz CT molecular complexity index is 730. The van der Waals surface area contributed by atoms with Crippen molar-refractivity contribution in [2.75, 3.05) is 13.1 Å². The molecule has 0 radical (unpaired) electrons. The zero-order valence-corrected chi connectivity index (χ0v) is 15.8. The van der Waals surface area contributed by atoms with Crippen LogP contribution in [0.1, 0.15) is 65.8 Å². The summed E-state index contributed by atoms with van der Waals surface area (Å²) in [6, 6.07) is 1.76. The Morgan fingerprint density at radius 1 is 1.26 bits per heavy atom. The van der Waals surface area contributed by atoms with Gasteiger partial charge in [0.15, 0.2) is 0 Å². The van der Waals surface area contributed by atoms with Crippen molar-refractivity contribution >= 4 is 5.91 Å². The second-order valence-electron chi connectivity index (χ2n) is 8.21. The number of hydrogen-bond donors (Lipinski definition) is 1. The van der Waals surface area contributed by atoms with E-state index in [1.54, 1.807) is 4.90 Å². The zero-order chi connectivity index (χ0) is 19.2. The number of piperidine rings is 1. The first-order valence-electron chi connectivity index (χ1n) is 9.93. The van der Waals surface area contributed by atoms with Gasteiger partial charge in [0, 0.05) is 38.2 Å². The molecule has 0 aromatic carbocycles. The minimum Gasteiger partial charge on any atom is -0.391 e. The first kappa shape index (κ1) is 18.7. The zero-order valence-electron chi connectivity index (χ0n) is 15.8. The van der Waals surface area contributed by atoms with Crippen molar-refractivity contribution in [3.05, 3.63) is 28.6 Å².